The van der Waals surface area contributed by atoms with Crippen LogP contribution in [0.25, 0.3) is 0 Å². The summed E-state index contributed by atoms with van der Waals surface area (Å²) in [5.41, 5.74) is 5.64. The number of amides is 3. The largest absolute Gasteiger partial charge is 0.390 e. The summed E-state index contributed by atoms with van der Waals surface area (Å²) in [6, 6.07) is 3.41. The number of carbonyl (C=O) groups excluding carboxylic acids is 3. The number of rotatable bonds is 8. The smallest absolute Gasteiger partial charge is 0.242 e. The summed E-state index contributed by atoms with van der Waals surface area (Å²) >= 11 is 0. The molecule has 8 heteroatoms. The molecule has 0 heterocycles. The molecule has 1 aromatic rings. The number of aryl methyl sites for hydroxylation is 1. The Kier molecular flexibility index (Phi) is 8.11. The first kappa shape index (κ1) is 23.6. The van der Waals surface area contributed by atoms with Crippen molar-refractivity contribution in [3.8, 4) is 0 Å². The third-order valence-corrected chi connectivity index (χ3v) is 4.36. The molecule has 156 valence electrons. The lowest BCUT2D eigenvalue weighted by Gasteiger charge is -2.27. The van der Waals surface area contributed by atoms with Crippen LogP contribution in [0.5, 0.6) is 0 Å². The number of aliphatic hydroxyl groups excluding tert-OH is 1. The highest BCUT2D eigenvalue weighted by molar-refractivity contribution is 5.89. The second kappa shape index (κ2) is 9.64. The average molecular weight is 395 g/mol. The molecule has 28 heavy (non-hydrogen) atoms. The van der Waals surface area contributed by atoms with Gasteiger partial charge in [-0.15, -0.1) is 0 Å². The minimum atomic E-state index is -1.33. The number of hydrogen-bond acceptors (Lipinski definition) is 4. The highest BCUT2D eigenvalue weighted by atomic mass is 19.1. The number of aliphatic hydroxyl groups is 1. The molecule has 0 bridgehead atoms. The number of benzene rings is 1. The fourth-order valence-electron chi connectivity index (χ4n) is 2.47. The van der Waals surface area contributed by atoms with Crippen LogP contribution in [0.1, 0.15) is 45.2 Å². The van der Waals surface area contributed by atoms with Crippen LogP contribution < -0.4 is 16.4 Å². The van der Waals surface area contributed by atoms with Crippen LogP contribution in [0.4, 0.5) is 4.39 Å². The van der Waals surface area contributed by atoms with Gasteiger partial charge in [0.1, 0.15) is 11.9 Å². The van der Waals surface area contributed by atoms with Gasteiger partial charge in [0, 0.05) is 23.4 Å². The molecule has 3 atom stereocenters. The van der Waals surface area contributed by atoms with Crippen molar-refractivity contribution >= 4 is 17.7 Å². The molecule has 3 unspecified atom stereocenters. The number of nitrogens with one attached hydrogen (secondary N) is 2. The summed E-state index contributed by atoms with van der Waals surface area (Å²) in [6.45, 7) is 8.31. The fourth-order valence-corrected chi connectivity index (χ4v) is 2.47. The third kappa shape index (κ3) is 6.92. The van der Waals surface area contributed by atoms with Gasteiger partial charge in [-0.25, -0.2) is 4.39 Å². The lowest BCUT2D eigenvalue weighted by atomic mass is 9.93. The number of carbonyl (C=O) groups is 3. The minimum Gasteiger partial charge on any atom is -0.390 e. The molecule has 5 N–H and O–H groups in total. The van der Waals surface area contributed by atoms with Crippen LogP contribution >= 0.6 is 0 Å². The predicted molar refractivity (Wildman–Crippen MR) is 103 cm³/mol. The van der Waals surface area contributed by atoms with Gasteiger partial charge in [0.2, 0.25) is 17.7 Å². The van der Waals surface area contributed by atoms with Gasteiger partial charge < -0.3 is 21.5 Å². The first-order chi connectivity index (χ1) is 12.8. The maximum atomic E-state index is 13.8. The van der Waals surface area contributed by atoms with Gasteiger partial charge >= 0.3 is 0 Å². The quantitative estimate of drug-likeness (QED) is 0.527. The van der Waals surface area contributed by atoms with Crippen LogP contribution in [0.15, 0.2) is 18.2 Å². The zero-order valence-electron chi connectivity index (χ0n) is 17.0. The van der Waals surface area contributed by atoms with E-state index in [1.165, 1.54) is 6.07 Å². The Hall–Kier alpha value is -2.48. The molecule has 7 nitrogen and oxygen atoms in total. The van der Waals surface area contributed by atoms with Crippen LogP contribution in [0, 0.1) is 24.1 Å². The van der Waals surface area contributed by atoms with Crippen LogP contribution in [-0.2, 0) is 20.9 Å². The minimum absolute atomic E-state index is 0.00535. The molecule has 1 aromatic carbocycles. The lowest BCUT2D eigenvalue weighted by Crippen LogP contribution is -2.54. The van der Waals surface area contributed by atoms with E-state index in [1.807, 2.05) is 0 Å². The van der Waals surface area contributed by atoms with Crippen molar-refractivity contribution in [1.29, 1.82) is 0 Å². The molecule has 1 rings (SSSR count). The maximum Gasteiger partial charge on any atom is 0.242 e. The standard InChI is InChI=1S/C20H30FN3O4/c1-11-6-7-13(14(21)8-11)10-23-18(27)12(2)9-15(25)16(17(22)26)24-19(28)20(3,4)5/h6-8,12,15-16,25H,9-10H2,1-5H3,(H2,22,26)(H,23,27)(H,24,28). The Morgan fingerprint density at radius 1 is 1.25 bits per heavy atom. The summed E-state index contributed by atoms with van der Waals surface area (Å²) < 4.78 is 13.8. The van der Waals surface area contributed by atoms with Gasteiger partial charge in [0.05, 0.1) is 6.10 Å². The second-order valence-electron chi connectivity index (χ2n) is 8.12. The van der Waals surface area contributed by atoms with E-state index < -0.39 is 47.0 Å². The molecular formula is C20H30FN3O4. The van der Waals surface area contributed by atoms with E-state index in [2.05, 4.69) is 10.6 Å². The first-order valence-electron chi connectivity index (χ1n) is 9.14. The van der Waals surface area contributed by atoms with Crippen molar-refractivity contribution in [2.24, 2.45) is 17.1 Å². The number of nitrogens with two attached hydrogens (primary N) is 1. The monoisotopic (exact) mass is 395 g/mol. The molecule has 0 spiro atoms. The van der Waals surface area contributed by atoms with E-state index in [0.717, 1.165) is 5.56 Å². The summed E-state index contributed by atoms with van der Waals surface area (Å²) in [5.74, 6) is -2.84. The van der Waals surface area contributed by atoms with Crippen molar-refractivity contribution in [1.82, 2.24) is 10.6 Å². The van der Waals surface area contributed by atoms with Crippen molar-refractivity contribution < 1.29 is 23.9 Å². The van der Waals surface area contributed by atoms with Crippen molar-refractivity contribution in [3.63, 3.8) is 0 Å². The normalized spacial score (nSPS) is 14.7. The lowest BCUT2D eigenvalue weighted by molar-refractivity contribution is -0.135. The van der Waals surface area contributed by atoms with Gasteiger partial charge in [0.15, 0.2) is 0 Å². The number of hydrogen-bond donors (Lipinski definition) is 4. The van der Waals surface area contributed by atoms with Crippen LogP contribution in [0.2, 0.25) is 0 Å². The average Bonchev–Trinajstić information content (AvgIpc) is 2.56. The van der Waals surface area contributed by atoms with Gasteiger partial charge in [-0.1, -0.05) is 39.8 Å². The van der Waals surface area contributed by atoms with E-state index >= 15 is 0 Å². The molecular weight excluding hydrogens is 365 g/mol. The Morgan fingerprint density at radius 2 is 1.86 bits per heavy atom. The van der Waals surface area contributed by atoms with Crippen molar-refractivity contribution in [2.75, 3.05) is 0 Å². The summed E-state index contributed by atoms with van der Waals surface area (Å²) in [6.07, 6.45) is -1.43. The van der Waals surface area contributed by atoms with E-state index in [1.54, 1.807) is 46.8 Å². The Morgan fingerprint density at radius 3 is 2.36 bits per heavy atom. The molecule has 0 aliphatic heterocycles. The van der Waals surface area contributed by atoms with Crippen LogP contribution in [0.3, 0.4) is 0 Å². The van der Waals surface area contributed by atoms with Gasteiger partial charge in [0.25, 0.3) is 0 Å². The second-order valence-corrected chi connectivity index (χ2v) is 8.12. The van der Waals surface area contributed by atoms with E-state index in [4.69, 9.17) is 5.73 Å². The Labute approximate surface area is 164 Å². The van der Waals surface area contributed by atoms with Gasteiger partial charge in [-0.2, -0.15) is 0 Å². The molecule has 0 saturated carbocycles. The van der Waals surface area contributed by atoms with Crippen molar-refractivity contribution in [3.05, 3.63) is 35.1 Å². The molecule has 3 amide bonds. The van der Waals surface area contributed by atoms with Gasteiger partial charge in [-0.05, 0) is 25.0 Å². The number of halogens is 1. The zero-order chi connectivity index (χ0) is 21.6. The first-order valence-corrected chi connectivity index (χ1v) is 9.14. The third-order valence-electron chi connectivity index (χ3n) is 4.36. The van der Waals surface area contributed by atoms with E-state index in [-0.39, 0.29) is 13.0 Å². The van der Waals surface area contributed by atoms with Crippen LogP contribution in [-0.4, -0.2) is 35.0 Å². The SMILES string of the molecule is Cc1ccc(CNC(=O)C(C)CC(O)C(NC(=O)C(C)(C)C)C(N)=O)c(F)c1. The van der Waals surface area contributed by atoms with E-state index in [9.17, 15) is 23.9 Å². The number of primary amides is 1. The molecule has 0 saturated heterocycles. The summed E-state index contributed by atoms with van der Waals surface area (Å²) in [7, 11) is 0. The highest BCUT2D eigenvalue weighted by Crippen LogP contribution is 2.16. The molecule has 0 aromatic heterocycles. The van der Waals surface area contributed by atoms with Crippen molar-refractivity contribution in [2.45, 2.75) is 59.7 Å². The summed E-state index contributed by atoms with van der Waals surface area (Å²) in [5, 5.41) is 15.3. The summed E-state index contributed by atoms with van der Waals surface area (Å²) in [4.78, 5) is 36.0. The maximum absolute atomic E-state index is 13.8. The fraction of sp³-hybridized carbons (Fsp3) is 0.550. The zero-order valence-corrected chi connectivity index (χ0v) is 17.0. The Balaban J connectivity index is 2.67. The molecule has 0 fully saturated rings. The predicted octanol–water partition coefficient (Wildman–Crippen LogP) is 1.15. The topological polar surface area (TPSA) is 122 Å². The van der Waals surface area contributed by atoms with E-state index in [0.29, 0.717) is 5.56 Å². The van der Waals surface area contributed by atoms with Gasteiger partial charge in [-0.3, -0.25) is 14.4 Å². The highest BCUT2D eigenvalue weighted by Gasteiger charge is 2.32. The Bertz CT molecular complexity index is 731. The molecule has 0 aliphatic rings. The molecule has 0 aliphatic carbocycles. The molecule has 0 radical (unpaired) electrons.